The second kappa shape index (κ2) is 3.93. The molecule has 0 bridgehead atoms. The van der Waals surface area contributed by atoms with Gasteiger partial charge >= 0.3 is 0 Å². The van der Waals surface area contributed by atoms with Gasteiger partial charge in [0.25, 0.3) is 0 Å². The maximum Gasteiger partial charge on any atom is 0.195 e. The van der Waals surface area contributed by atoms with Gasteiger partial charge in [0.05, 0.1) is 21.6 Å². The molecule has 0 spiro atoms. The Morgan fingerprint density at radius 2 is 1.68 bits per heavy atom. The van der Waals surface area contributed by atoms with E-state index < -0.39 is 0 Å². The second-order valence-electron chi connectivity index (χ2n) is 4.60. The maximum absolute atomic E-state index is 4.71. The van der Waals surface area contributed by atoms with Crippen molar-refractivity contribution in [1.29, 1.82) is 0 Å². The minimum atomic E-state index is 1.07. The number of thiazole rings is 1. The smallest absolute Gasteiger partial charge is 0.195 e. The number of hydrogen-bond donors (Lipinski definition) is 0. The molecule has 0 aliphatic carbocycles. The summed E-state index contributed by atoms with van der Waals surface area (Å²) < 4.78 is 3.55. The number of aryl methyl sites for hydroxylation is 1. The van der Waals surface area contributed by atoms with Crippen LogP contribution in [0.1, 0.15) is 5.69 Å². The third-order valence-electron chi connectivity index (χ3n) is 3.38. The van der Waals surface area contributed by atoms with Crippen LogP contribution in [0.2, 0.25) is 0 Å². The Kier molecular flexibility index (Phi) is 2.23. The van der Waals surface area contributed by atoms with Gasteiger partial charge in [-0.3, -0.25) is 4.40 Å². The minimum absolute atomic E-state index is 1.07. The van der Waals surface area contributed by atoms with Crippen molar-refractivity contribution in [3.63, 3.8) is 0 Å². The summed E-state index contributed by atoms with van der Waals surface area (Å²) in [4.78, 5) is 5.78. The lowest BCUT2D eigenvalue weighted by Gasteiger charge is -2.02. The molecule has 0 aliphatic rings. The monoisotopic (exact) mass is 264 g/mol. The molecule has 2 aromatic heterocycles. The predicted octanol–water partition coefficient (Wildman–Crippen LogP) is 4.52. The minimum Gasteiger partial charge on any atom is -0.283 e. The molecular weight excluding hydrogens is 252 g/mol. The van der Waals surface area contributed by atoms with Crippen LogP contribution in [0.25, 0.3) is 26.4 Å². The fraction of sp³-hybridized carbons (Fsp3) is 0.0625. The van der Waals surface area contributed by atoms with Crippen molar-refractivity contribution in [2.24, 2.45) is 0 Å². The van der Waals surface area contributed by atoms with Gasteiger partial charge in [-0.15, -0.1) is 0 Å². The molecule has 0 N–H and O–H groups in total. The lowest BCUT2D eigenvalue weighted by molar-refractivity contribution is 1.28. The lowest BCUT2D eigenvalue weighted by atomic mass is 10.1. The summed E-state index contributed by atoms with van der Waals surface area (Å²) in [6, 6.07) is 18.9. The number of para-hydroxylation sites is 1. The molecule has 4 rings (SSSR count). The highest BCUT2D eigenvalue weighted by Gasteiger charge is 2.15. The third kappa shape index (κ3) is 1.52. The van der Waals surface area contributed by atoms with Crippen LogP contribution in [-0.4, -0.2) is 9.38 Å². The molecule has 0 atom stereocenters. The molecule has 0 saturated heterocycles. The van der Waals surface area contributed by atoms with Crippen molar-refractivity contribution in [3.05, 3.63) is 60.3 Å². The van der Waals surface area contributed by atoms with Crippen LogP contribution in [-0.2, 0) is 0 Å². The summed E-state index contributed by atoms with van der Waals surface area (Å²) >= 11 is 1.74. The van der Waals surface area contributed by atoms with Crippen molar-refractivity contribution in [2.45, 2.75) is 6.92 Å². The fourth-order valence-corrected chi connectivity index (χ4v) is 3.63. The van der Waals surface area contributed by atoms with Gasteiger partial charge in [-0.2, -0.15) is 0 Å². The average molecular weight is 264 g/mol. The van der Waals surface area contributed by atoms with Crippen molar-refractivity contribution in [3.8, 4) is 11.3 Å². The van der Waals surface area contributed by atoms with Gasteiger partial charge in [-0.05, 0) is 19.1 Å². The van der Waals surface area contributed by atoms with Crippen molar-refractivity contribution in [1.82, 2.24) is 9.38 Å². The fourth-order valence-electron chi connectivity index (χ4n) is 2.56. The predicted molar refractivity (Wildman–Crippen MR) is 80.7 cm³/mol. The Morgan fingerprint density at radius 3 is 2.53 bits per heavy atom. The lowest BCUT2D eigenvalue weighted by Crippen LogP contribution is -1.87. The van der Waals surface area contributed by atoms with Crippen LogP contribution in [0, 0.1) is 6.92 Å². The van der Waals surface area contributed by atoms with E-state index in [-0.39, 0.29) is 0 Å². The van der Waals surface area contributed by atoms with E-state index in [2.05, 4.69) is 59.9 Å². The molecule has 0 unspecified atom stereocenters. The van der Waals surface area contributed by atoms with E-state index in [0.29, 0.717) is 0 Å². The first-order valence-electron chi connectivity index (χ1n) is 6.26. The Hall–Kier alpha value is -2.13. The molecular formula is C16H12N2S. The number of nitrogens with zero attached hydrogens (tertiary/aromatic N) is 2. The quantitative estimate of drug-likeness (QED) is 0.494. The highest BCUT2D eigenvalue weighted by atomic mass is 32.1. The first kappa shape index (κ1) is 10.8. The summed E-state index contributed by atoms with van der Waals surface area (Å²) in [7, 11) is 0. The molecule has 0 fully saturated rings. The van der Waals surface area contributed by atoms with Gasteiger partial charge in [0.1, 0.15) is 0 Å². The van der Waals surface area contributed by atoms with E-state index in [0.717, 1.165) is 10.7 Å². The summed E-state index contributed by atoms with van der Waals surface area (Å²) in [5.41, 5.74) is 4.74. The Bertz CT molecular complexity index is 872. The van der Waals surface area contributed by atoms with Crippen molar-refractivity contribution < 1.29 is 0 Å². The third-order valence-corrected chi connectivity index (χ3v) is 4.40. The summed E-state index contributed by atoms with van der Waals surface area (Å²) in [5.74, 6) is 0. The maximum atomic E-state index is 4.71. The number of hydrogen-bond acceptors (Lipinski definition) is 2. The molecule has 2 aromatic carbocycles. The first-order chi connectivity index (χ1) is 9.34. The summed E-state index contributed by atoms with van der Waals surface area (Å²) in [6.45, 7) is 2.08. The molecule has 0 saturated carbocycles. The zero-order chi connectivity index (χ0) is 12.8. The molecule has 0 aliphatic heterocycles. The van der Waals surface area contributed by atoms with Gasteiger partial charge in [-0.1, -0.05) is 53.8 Å². The molecule has 0 radical (unpaired) electrons. The molecule has 4 aromatic rings. The molecule has 2 nitrogen and oxygen atoms in total. The number of benzene rings is 2. The number of fused-ring (bicyclic) bond motifs is 3. The first-order valence-corrected chi connectivity index (χ1v) is 7.08. The zero-order valence-electron chi connectivity index (χ0n) is 10.5. The molecule has 92 valence electrons. The van der Waals surface area contributed by atoms with Crippen LogP contribution in [0.3, 0.4) is 0 Å². The number of rotatable bonds is 1. The van der Waals surface area contributed by atoms with Crippen LogP contribution >= 0.6 is 11.3 Å². The van der Waals surface area contributed by atoms with Crippen molar-refractivity contribution >= 4 is 26.5 Å². The Labute approximate surface area is 115 Å². The Morgan fingerprint density at radius 1 is 0.947 bits per heavy atom. The standard InChI is InChI=1S/C16H12N2S/c1-11-15(12-7-3-2-4-8-12)18-13-9-5-6-10-14(13)19-16(18)17-11/h2-10H,1H3. The van der Waals surface area contributed by atoms with E-state index in [4.69, 9.17) is 4.98 Å². The van der Waals surface area contributed by atoms with Gasteiger partial charge < -0.3 is 0 Å². The summed E-state index contributed by atoms with van der Waals surface area (Å²) in [5, 5.41) is 0. The van der Waals surface area contributed by atoms with Gasteiger partial charge in [0, 0.05) is 5.56 Å². The number of aromatic nitrogens is 2. The van der Waals surface area contributed by atoms with E-state index >= 15 is 0 Å². The summed E-state index contributed by atoms with van der Waals surface area (Å²) in [6.07, 6.45) is 0. The van der Waals surface area contributed by atoms with E-state index in [1.54, 1.807) is 11.3 Å². The SMILES string of the molecule is Cc1nc2sc3ccccc3n2c1-c1ccccc1. The van der Waals surface area contributed by atoms with Gasteiger partial charge in [-0.25, -0.2) is 4.98 Å². The molecule has 19 heavy (non-hydrogen) atoms. The number of imidazole rings is 1. The molecule has 0 amide bonds. The van der Waals surface area contributed by atoms with Crippen LogP contribution in [0.15, 0.2) is 54.6 Å². The topological polar surface area (TPSA) is 17.3 Å². The molecule has 2 heterocycles. The van der Waals surface area contributed by atoms with E-state index in [1.807, 2.05) is 6.07 Å². The van der Waals surface area contributed by atoms with Gasteiger partial charge in [0.2, 0.25) is 0 Å². The average Bonchev–Trinajstić information content (AvgIpc) is 2.94. The normalized spacial score (nSPS) is 11.4. The second-order valence-corrected chi connectivity index (χ2v) is 5.61. The molecule has 3 heteroatoms. The van der Waals surface area contributed by atoms with Crippen LogP contribution in [0.5, 0.6) is 0 Å². The highest BCUT2D eigenvalue weighted by Crippen LogP contribution is 2.33. The van der Waals surface area contributed by atoms with E-state index in [1.165, 1.54) is 21.5 Å². The van der Waals surface area contributed by atoms with Crippen LogP contribution in [0.4, 0.5) is 0 Å². The van der Waals surface area contributed by atoms with Crippen LogP contribution < -0.4 is 0 Å². The zero-order valence-corrected chi connectivity index (χ0v) is 11.3. The van der Waals surface area contributed by atoms with E-state index in [9.17, 15) is 0 Å². The highest BCUT2D eigenvalue weighted by molar-refractivity contribution is 7.23. The largest absolute Gasteiger partial charge is 0.283 e. The Balaban J connectivity index is 2.17. The van der Waals surface area contributed by atoms with Crippen molar-refractivity contribution in [2.75, 3.05) is 0 Å². The van der Waals surface area contributed by atoms with Gasteiger partial charge in [0.15, 0.2) is 4.96 Å².